The molecule has 1 N–H and O–H groups in total. The molecule has 0 aliphatic rings. The summed E-state index contributed by atoms with van der Waals surface area (Å²) in [6, 6.07) is 15.2. The third-order valence-corrected chi connectivity index (χ3v) is 6.06. The van der Waals surface area contributed by atoms with Gasteiger partial charge in [-0.3, -0.25) is 4.98 Å². The molecule has 1 aromatic carbocycles. The number of halogens is 2. The van der Waals surface area contributed by atoms with Crippen molar-refractivity contribution in [3.05, 3.63) is 87.6 Å². The summed E-state index contributed by atoms with van der Waals surface area (Å²) in [5.74, 6) is 0. The first-order valence-corrected chi connectivity index (χ1v) is 9.91. The normalized spacial score (nSPS) is 12.3. The Kier molecular flexibility index (Phi) is 5.06. The van der Waals surface area contributed by atoms with Crippen LogP contribution in [0.5, 0.6) is 0 Å². The summed E-state index contributed by atoms with van der Waals surface area (Å²) in [5.41, 5.74) is 4.18. The summed E-state index contributed by atoms with van der Waals surface area (Å²) in [6.45, 7) is 0. The number of nitrogens with zero attached hydrogens (tertiary/aromatic N) is 2. The van der Waals surface area contributed by atoms with Gasteiger partial charge >= 0.3 is 0 Å². The minimum absolute atomic E-state index is 0.633. The quantitative estimate of drug-likeness (QED) is 0.431. The lowest BCUT2D eigenvalue weighted by Crippen LogP contribution is -2.04. The van der Waals surface area contributed by atoms with Gasteiger partial charge in [-0.2, -0.15) is 0 Å². The highest BCUT2D eigenvalue weighted by Gasteiger charge is 2.26. The third kappa shape index (κ3) is 3.42. The van der Waals surface area contributed by atoms with Gasteiger partial charge in [-0.25, -0.2) is 0 Å². The molecule has 0 saturated heterocycles. The van der Waals surface area contributed by atoms with Crippen molar-refractivity contribution >= 4 is 34.5 Å². The van der Waals surface area contributed by atoms with Crippen LogP contribution in [0, 0.1) is 0 Å². The van der Waals surface area contributed by atoms with Crippen molar-refractivity contribution in [3.8, 4) is 21.7 Å². The number of rotatable bonds is 4. The Morgan fingerprint density at radius 1 is 1.04 bits per heavy atom. The second-order valence-electron chi connectivity index (χ2n) is 6.19. The van der Waals surface area contributed by atoms with Gasteiger partial charge in [-0.15, -0.1) is 11.3 Å². The SMILES string of the molecule is Cn1cc(-c2ccc(Cl)s2)c(C(O)c2cccnc2)c1-c1ccccc1Cl. The monoisotopic (exact) mass is 414 g/mol. The molecule has 0 aliphatic carbocycles. The highest BCUT2D eigenvalue weighted by Crippen LogP contribution is 2.44. The predicted octanol–water partition coefficient (Wildman–Crippen LogP) is 6.20. The second-order valence-corrected chi connectivity index (χ2v) is 8.31. The van der Waals surface area contributed by atoms with Crippen molar-refractivity contribution in [2.45, 2.75) is 6.10 Å². The molecule has 0 bridgehead atoms. The van der Waals surface area contributed by atoms with Gasteiger partial charge in [0.05, 0.1) is 10.0 Å². The van der Waals surface area contributed by atoms with E-state index >= 15 is 0 Å². The zero-order chi connectivity index (χ0) is 19.0. The molecule has 6 heteroatoms. The molecule has 4 aromatic rings. The molecule has 1 atom stereocenters. The Morgan fingerprint density at radius 2 is 1.85 bits per heavy atom. The maximum atomic E-state index is 11.3. The Hall–Kier alpha value is -2.11. The van der Waals surface area contributed by atoms with Crippen LogP contribution in [0.4, 0.5) is 0 Å². The average Bonchev–Trinajstić information content (AvgIpc) is 3.25. The molecule has 1 unspecified atom stereocenters. The lowest BCUT2D eigenvalue weighted by molar-refractivity contribution is 0.221. The van der Waals surface area contributed by atoms with E-state index < -0.39 is 6.10 Å². The fraction of sp³-hybridized carbons (Fsp3) is 0.0952. The maximum absolute atomic E-state index is 11.3. The van der Waals surface area contributed by atoms with E-state index in [1.807, 2.05) is 66.3 Å². The Bertz CT molecular complexity index is 1090. The summed E-state index contributed by atoms with van der Waals surface area (Å²) in [6.07, 6.45) is 4.53. The zero-order valence-corrected chi connectivity index (χ0v) is 16.8. The van der Waals surface area contributed by atoms with E-state index in [4.69, 9.17) is 23.2 Å². The molecule has 27 heavy (non-hydrogen) atoms. The van der Waals surface area contributed by atoms with E-state index in [9.17, 15) is 5.11 Å². The molecule has 3 heterocycles. The Labute approximate surface area is 171 Å². The van der Waals surface area contributed by atoms with E-state index in [0.29, 0.717) is 9.36 Å². The first-order chi connectivity index (χ1) is 13.1. The van der Waals surface area contributed by atoms with Crippen LogP contribution in [0.3, 0.4) is 0 Å². The first kappa shape index (κ1) is 18.3. The highest BCUT2D eigenvalue weighted by atomic mass is 35.5. The van der Waals surface area contributed by atoms with E-state index in [1.54, 1.807) is 12.4 Å². The molecule has 4 rings (SSSR count). The smallest absolute Gasteiger partial charge is 0.108 e. The van der Waals surface area contributed by atoms with Crippen molar-refractivity contribution in [2.75, 3.05) is 0 Å². The van der Waals surface area contributed by atoms with Crippen LogP contribution in [0.15, 0.2) is 67.1 Å². The first-order valence-electron chi connectivity index (χ1n) is 8.34. The van der Waals surface area contributed by atoms with Gasteiger partial charge in [-0.05, 0) is 24.3 Å². The number of pyridine rings is 1. The standard InChI is InChI=1S/C21H16Cl2N2OS/c1-25-12-15(17-8-9-18(23)27-17)19(21(26)13-5-4-10-24-11-13)20(25)14-6-2-3-7-16(14)22/h2-12,21,26H,1H3. The Balaban J connectivity index is 1.99. The van der Waals surface area contributed by atoms with Gasteiger partial charge in [-0.1, -0.05) is 47.5 Å². The van der Waals surface area contributed by atoms with Crippen molar-refractivity contribution < 1.29 is 5.11 Å². The lowest BCUT2D eigenvalue weighted by atomic mass is 9.95. The minimum Gasteiger partial charge on any atom is -0.383 e. The molecule has 3 nitrogen and oxygen atoms in total. The summed E-state index contributed by atoms with van der Waals surface area (Å²) in [4.78, 5) is 5.15. The van der Waals surface area contributed by atoms with Gasteiger partial charge in [0.25, 0.3) is 0 Å². The minimum atomic E-state index is -0.845. The molecule has 3 aromatic heterocycles. The molecular weight excluding hydrogens is 399 g/mol. The zero-order valence-electron chi connectivity index (χ0n) is 14.4. The van der Waals surface area contributed by atoms with Crippen molar-refractivity contribution in [1.29, 1.82) is 0 Å². The summed E-state index contributed by atoms with van der Waals surface area (Å²) in [5, 5.41) is 11.9. The number of hydrogen-bond acceptors (Lipinski definition) is 3. The van der Waals surface area contributed by atoms with Crippen LogP contribution in [-0.4, -0.2) is 14.7 Å². The number of thiophene rings is 1. The fourth-order valence-corrected chi connectivity index (χ4v) is 4.56. The van der Waals surface area contributed by atoms with Gasteiger partial charge in [0, 0.05) is 57.8 Å². The molecular formula is C21H16Cl2N2OS. The molecule has 136 valence electrons. The summed E-state index contributed by atoms with van der Waals surface area (Å²) in [7, 11) is 1.96. The van der Waals surface area contributed by atoms with Gasteiger partial charge in [0.1, 0.15) is 6.10 Å². The summed E-state index contributed by atoms with van der Waals surface area (Å²) < 4.78 is 2.70. The van der Waals surface area contributed by atoms with E-state index in [0.717, 1.165) is 32.8 Å². The van der Waals surface area contributed by atoms with Crippen molar-refractivity contribution in [2.24, 2.45) is 7.05 Å². The average molecular weight is 415 g/mol. The predicted molar refractivity (Wildman–Crippen MR) is 112 cm³/mol. The number of aliphatic hydroxyl groups is 1. The van der Waals surface area contributed by atoms with Gasteiger partial charge in [0.2, 0.25) is 0 Å². The molecule has 0 spiro atoms. The highest BCUT2D eigenvalue weighted by molar-refractivity contribution is 7.19. The van der Waals surface area contributed by atoms with E-state index in [2.05, 4.69) is 4.98 Å². The number of aliphatic hydroxyl groups excluding tert-OH is 1. The van der Waals surface area contributed by atoms with E-state index in [1.165, 1.54) is 11.3 Å². The van der Waals surface area contributed by atoms with Crippen molar-refractivity contribution in [3.63, 3.8) is 0 Å². The molecule has 0 radical (unpaired) electrons. The van der Waals surface area contributed by atoms with Crippen LogP contribution in [-0.2, 0) is 7.05 Å². The topological polar surface area (TPSA) is 38.0 Å². The molecule has 0 saturated carbocycles. The van der Waals surface area contributed by atoms with Gasteiger partial charge < -0.3 is 9.67 Å². The van der Waals surface area contributed by atoms with Crippen LogP contribution in [0.1, 0.15) is 17.2 Å². The van der Waals surface area contributed by atoms with Crippen LogP contribution >= 0.6 is 34.5 Å². The van der Waals surface area contributed by atoms with Crippen LogP contribution in [0.2, 0.25) is 9.36 Å². The fourth-order valence-electron chi connectivity index (χ4n) is 3.27. The maximum Gasteiger partial charge on any atom is 0.108 e. The third-order valence-electron chi connectivity index (χ3n) is 4.46. The molecule has 0 aliphatic heterocycles. The second kappa shape index (κ2) is 7.49. The van der Waals surface area contributed by atoms with Crippen LogP contribution in [0.25, 0.3) is 21.7 Å². The van der Waals surface area contributed by atoms with Crippen LogP contribution < -0.4 is 0 Å². The number of aromatic nitrogens is 2. The molecule has 0 amide bonds. The molecule has 0 fully saturated rings. The van der Waals surface area contributed by atoms with E-state index in [-0.39, 0.29) is 0 Å². The number of aryl methyl sites for hydroxylation is 1. The Morgan fingerprint density at radius 3 is 2.52 bits per heavy atom. The largest absolute Gasteiger partial charge is 0.383 e. The number of benzene rings is 1. The number of hydrogen-bond donors (Lipinski definition) is 1. The summed E-state index contributed by atoms with van der Waals surface area (Å²) >= 11 is 14.1. The lowest BCUT2D eigenvalue weighted by Gasteiger charge is -2.16. The van der Waals surface area contributed by atoms with Gasteiger partial charge in [0.15, 0.2) is 0 Å². The van der Waals surface area contributed by atoms with Crippen molar-refractivity contribution in [1.82, 2.24) is 9.55 Å².